The Morgan fingerprint density at radius 2 is 2.45 bits per heavy atom. The Morgan fingerprint density at radius 1 is 1.64 bits per heavy atom. The van der Waals surface area contributed by atoms with Gasteiger partial charge in [-0.25, -0.2) is 0 Å². The molecule has 3 nitrogen and oxygen atoms in total. The molecule has 1 N–H and O–H groups in total. The van der Waals surface area contributed by atoms with E-state index in [1.54, 1.807) is 0 Å². The first-order valence-corrected chi connectivity index (χ1v) is 4.24. The summed E-state index contributed by atoms with van der Waals surface area (Å²) in [5, 5.41) is 2.82. The van der Waals surface area contributed by atoms with Gasteiger partial charge in [0.2, 0.25) is 5.91 Å². The van der Waals surface area contributed by atoms with Crippen molar-refractivity contribution < 1.29 is 9.53 Å². The third-order valence-electron chi connectivity index (χ3n) is 1.81. The normalized spacial score (nSPS) is 25.9. The van der Waals surface area contributed by atoms with Crippen LogP contribution in [-0.4, -0.2) is 18.7 Å². The summed E-state index contributed by atoms with van der Waals surface area (Å²) < 4.78 is 5.30. The third-order valence-corrected chi connectivity index (χ3v) is 1.81. The summed E-state index contributed by atoms with van der Waals surface area (Å²) in [7, 11) is 0. The smallest absolute Gasteiger partial charge is 0.221 e. The lowest BCUT2D eigenvalue weighted by Crippen LogP contribution is -2.34. The fourth-order valence-corrected chi connectivity index (χ4v) is 1.27. The topological polar surface area (TPSA) is 38.3 Å². The number of ether oxygens (including phenoxy) is 1. The number of hydrogen-bond donors (Lipinski definition) is 1. The maximum Gasteiger partial charge on any atom is 0.221 e. The van der Waals surface area contributed by atoms with Gasteiger partial charge in [0.1, 0.15) is 6.23 Å². The van der Waals surface area contributed by atoms with Gasteiger partial charge < -0.3 is 10.1 Å². The van der Waals surface area contributed by atoms with Crippen molar-refractivity contribution in [2.75, 3.05) is 6.61 Å². The van der Waals surface area contributed by atoms with Gasteiger partial charge in [0.05, 0.1) is 0 Å². The zero-order valence-corrected chi connectivity index (χ0v) is 6.93. The highest BCUT2D eigenvalue weighted by Crippen LogP contribution is 2.09. The minimum absolute atomic E-state index is 0.0324. The lowest BCUT2D eigenvalue weighted by atomic mass is 10.2. The molecule has 1 fully saturated rings. The fourth-order valence-electron chi connectivity index (χ4n) is 1.27. The molecule has 1 aliphatic heterocycles. The molecule has 1 atom stereocenters. The summed E-state index contributed by atoms with van der Waals surface area (Å²) in [4.78, 5) is 11.0. The van der Waals surface area contributed by atoms with Crippen LogP contribution in [0.2, 0.25) is 0 Å². The summed E-state index contributed by atoms with van der Waals surface area (Å²) in [6.07, 6.45) is 3.66. The molecule has 3 heteroatoms. The Kier molecular flexibility index (Phi) is 3.36. The second-order valence-electron chi connectivity index (χ2n) is 2.76. The summed E-state index contributed by atoms with van der Waals surface area (Å²) >= 11 is 0. The molecule has 0 bridgehead atoms. The minimum Gasteiger partial charge on any atom is -0.359 e. The summed E-state index contributed by atoms with van der Waals surface area (Å²) in [5.41, 5.74) is 0. The van der Waals surface area contributed by atoms with Gasteiger partial charge in [-0.05, 0) is 26.2 Å². The molecule has 1 saturated heterocycles. The molecule has 1 rings (SSSR count). The van der Waals surface area contributed by atoms with Gasteiger partial charge >= 0.3 is 0 Å². The van der Waals surface area contributed by atoms with Crippen LogP contribution in [-0.2, 0) is 9.53 Å². The first-order valence-electron chi connectivity index (χ1n) is 4.24. The standard InChI is InChI=1S/C8H15NO2/c1-2-11-8-6-4-3-5-7(10)9-8/h8H,2-6H2,1H3,(H,9,10). The molecule has 1 unspecified atom stereocenters. The Balaban J connectivity index is 2.33. The van der Waals surface area contributed by atoms with E-state index in [0.717, 1.165) is 19.3 Å². The fraction of sp³-hybridized carbons (Fsp3) is 0.875. The van der Waals surface area contributed by atoms with Crippen LogP contribution in [0, 0.1) is 0 Å². The van der Waals surface area contributed by atoms with Crippen LogP contribution in [0.4, 0.5) is 0 Å². The quantitative estimate of drug-likeness (QED) is 0.650. The predicted molar refractivity (Wildman–Crippen MR) is 42.0 cm³/mol. The summed E-state index contributed by atoms with van der Waals surface area (Å²) in [6.45, 7) is 2.61. The van der Waals surface area contributed by atoms with Crippen molar-refractivity contribution in [3.8, 4) is 0 Å². The lowest BCUT2D eigenvalue weighted by molar-refractivity contribution is -0.124. The van der Waals surface area contributed by atoms with E-state index in [9.17, 15) is 4.79 Å². The van der Waals surface area contributed by atoms with E-state index < -0.39 is 0 Å². The van der Waals surface area contributed by atoms with E-state index in [1.807, 2.05) is 6.92 Å². The van der Waals surface area contributed by atoms with Crippen molar-refractivity contribution in [2.45, 2.75) is 38.8 Å². The van der Waals surface area contributed by atoms with Gasteiger partial charge in [0.15, 0.2) is 0 Å². The van der Waals surface area contributed by atoms with Crippen LogP contribution < -0.4 is 5.32 Å². The maximum atomic E-state index is 11.0. The summed E-state index contributed by atoms with van der Waals surface area (Å²) in [5.74, 6) is 0.126. The van der Waals surface area contributed by atoms with Gasteiger partial charge in [-0.3, -0.25) is 4.79 Å². The van der Waals surface area contributed by atoms with Crippen molar-refractivity contribution >= 4 is 5.91 Å². The maximum absolute atomic E-state index is 11.0. The van der Waals surface area contributed by atoms with Crippen LogP contribution in [0.5, 0.6) is 0 Å². The van der Waals surface area contributed by atoms with Crippen molar-refractivity contribution in [3.63, 3.8) is 0 Å². The number of carbonyl (C=O) groups excluding carboxylic acids is 1. The van der Waals surface area contributed by atoms with Gasteiger partial charge in [0, 0.05) is 13.0 Å². The highest BCUT2D eigenvalue weighted by molar-refractivity contribution is 5.76. The Bertz CT molecular complexity index is 136. The molecule has 0 aromatic heterocycles. The molecule has 0 saturated carbocycles. The molecule has 64 valence electrons. The zero-order chi connectivity index (χ0) is 8.10. The molecule has 0 radical (unpaired) electrons. The number of hydrogen-bond acceptors (Lipinski definition) is 2. The van der Waals surface area contributed by atoms with Crippen molar-refractivity contribution in [1.82, 2.24) is 5.32 Å². The van der Waals surface area contributed by atoms with E-state index in [0.29, 0.717) is 13.0 Å². The first kappa shape index (κ1) is 8.53. The molecule has 0 spiro atoms. The van der Waals surface area contributed by atoms with Crippen LogP contribution in [0.15, 0.2) is 0 Å². The molecule has 0 aromatic carbocycles. The predicted octanol–water partition coefficient (Wildman–Crippen LogP) is 1.04. The molecule has 11 heavy (non-hydrogen) atoms. The number of nitrogens with one attached hydrogen (secondary N) is 1. The van der Waals surface area contributed by atoms with Crippen LogP contribution in [0.1, 0.15) is 32.6 Å². The number of amides is 1. The first-order chi connectivity index (χ1) is 5.33. The van der Waals surface area contributed by atoms with Crippen molar-refractivity contribution in [2.24, 2.45) is 0 Å². The highest BCUT2D eigenvalue weighted by atomic mass is 16.5. The molecule has 1 heterocycles. The molecule has 1 aliphatic rings. The van der Waals surface area contributed by atoms with Crippen LogP contribution in [0.25, 0.3) is 0 Å². The van der Waals surface area contributed by atoms with Gasteiger partial charge in [-0.2, -0.15) is 0 Å². The van der Waals surface area contributed by atoms with Crippen molar-refractivity contribution in [1.29, 1.82) is 0 Å². The number of rotatable bonds is 2. The summed E-state index contributed by atoms with van der Waals surface area (Å²) in [6, 6.07) is 0. The van der Waals surface area contributed by atoms with Gasteiger partial charge in [-0.1, -0.05) is 0 Å². The number of carbonyl (C=O) groups is 1. The van der Waals surface area contributed by atoms with Crippen LogP contribution in [0.3, 0.4) is 0 Å². The molecule has 0 aliphatic carbocycles. The van der Waals surface area contributed by atoms with Crippen molar-refractivity contribution in [3.05, 3.63) is 0 Å². The van der Waals surface area contributed by atoms with Crippen LogP contribution >= 0.6 is 0 Å². The second-order valence-corrected chi connectivity index (χ2v) is 2.76. The highest BCUT2D eigenvalue weighted by Gasteiger charge is 2.15. The van der Waals surface area contributed by atoms with E-state index in [4.69, 9.17) is 4.74 Å². The average Bonchev–Trinajstić information content (AvgIpc) is 2.15. The Labute approximate surface area is 67.1 Å². The van der Waals surface area contributed by atoms with E-state index in [2.05, 4.69) is 5.32 Å². The Hall–Kier alpha value is -0.570. The Morgan fingerprint density at radius 3 is 3.18 bits per heavy atom. The molecular formula is C8H15NO2. The second kappa shape index (κ2) is 4.34. The lowest BCUT2D eigenvalue weighted by Gasteiger charge is -2.14. The van der Waals surface area contributed by atoms with Gasteiger partial charge in [0.25, 0.3) is 0 Å². The van der Waals surface area contributed by atoms with Gasteiger partial charge in [-0.15, -0.1) is 0 Å². The van der Waals surface area contributed by atoms with E-state index in [1.165, 1.54) is 0 Å². The largest absolute Gasteiger partial charge is 0.359 e. The molecule has 0 aromatic rings. The SMILES string of the molecule is CCOC1CCCCC(=O)N1. The average molecular weight is 157 g/mol. The molecule has 1 amide bonds. The third kappa shape index (κ3) is 2.89. The van der Waals surface area contributed by atoms with E-state index in [-0.39, 0.29) is 12.1 Å². The molecular weight excluding hydrogens is 142 g/mol. The minimum atomic E-state index is -0.0324. The monoisotopic (exact) mass is 157 g/mol. The van der Waals surface area contributed by atoms with E-state index >= 15 is 0 Å². The zero-order valence-electron chi connectivity index (χ0n) is 6.93.